The second-order valence-electron chi connectivity index (χ2n) is 4.25. The second-order valence-corrected chi connectivity index (χ2v) is 4.25. The van der Waals surface area contributed by atoms with Crippen molar-refractivity contribution < 1.29 is 9.90 Å². The third-order valence-corrected chi connectivity index (χ3v) is 3.47. The predicted molar refractivity (Wildman–Crippen MR) is 63.4 cm³/mol. The Morgan fingerprint density at radius 2 is 2.19 bits per heavy atom. The van der Waals surface area contributed by atoms with Crippen LogP contribution >= 0.6 is 0 Å². The summed E-state index contributed by atoms with van der Waals surface area (Å²) in [5.74, 6) is -0.803. The Hall–Kier alpha value is -0.650. The highest BCUT2D eigenvalue weighted by Crippen LogP contribution is 2.17. The Bertz CT molecular complexity index is 231. The quantitative estimate of drug-likeness (QED) is 0.661. The van der Waals surface area contributed by atoms with Crippen molar-refractivity contribution in [1.29, 1.82) is 0 Å². The van der Waals surface area contributed by atoms with Crippen LogP contribution in [-0.4, -0.2) is 65.7 Å². The first-order valence-electron chi connectivity index (χ1n) is 6.04. The summed E-state index contributed by atoms with van der Waals surface area (Å²) in [4.78, 5) is 15.4. The van der Waals surface area contributed by atoms with E-state index in [1.165, 1.54) is 0 Å². The minimum absolute atomic E-state index is 0.195. The summed E-state index contributed by atoms with van der Waals surface area (Å²) in [5.41, 5.74) is 5.50. The molecule has 0 aromatic heterocycles. The zero-order valence-electron chi connectivity index (χ0n) is 10.2. The lowest BCUT2D eigenvalue weighted by Gasteiger charge is -2.27. The maximum atomic E-state index is 11.0. The Morgan fingerprint density at radius 3 is 2.62 bits per heavy atom. The van der Waals surface area contributed by atoms with Crippen LogP contribution in [0.1, 0.15) is 20.3 Å². The summed E-state index contributed by atoms with van der Waals surface area (Å²) >= 11 is 0. The van der Waals surface area contributed by atoms with E-state index in [0.717, 1.165) is 32.6 Å². The monoisotopic (exact) mass is 229 g/mol. The van der Waals surface area contributed by atoms with Gasteiger partial charge in [0.25, 0.3) is 0 Å². The van der Waals surface area contributed by atoms with Crippen molar-refractivity contribution in [2.75, 3.05) is 32.7 Å². The number of rotatable bonds is 6. The van der Waals surface area contributed by atoms with Crippen molar-refractivity contribution >= 4 is 5.97 Å². The molecule has 0 aliphatic carbocycles. The first kappa shape index (κ1) is 13.4. The van der Waals surface area contributed by atoms with Crippen LogP contribution in [0.2, 0.25) is 0 Å². The third-order valence-electron chi connectivity index (χ3n) is 3.47. The van der Waals surface area contributed by atoms with E-state index in [0.29, 0.717) is 6.04 Å². The standard InChI is InChI=1S/C11H23N3O2/c1-3-13(4-2)9-5-6-14(8-9)10(7-12)11(15)16/h9-10H,3-8,12H2,1-2H3,(H,15,16). The average molecular weight is 229 g/mol. The first-order valence-corrected chi connectivity index (χ1v) is 6.04. The van der Waals surface area contributed by atoms with Gasteiger partial charge in [0.1, 0.15) is 6.04 Å². The molecule has 16 heavy (non-hydrogen) atoms. The Kier molecular flexibility index (Phi) is 5.18. The molecule has 0 aromatic carbocycles. The Balaban J connectivity index is 2.53. The fraction of sp³-hybridized carbons (Fsp3) is 0.909. The minimum atomic E-state index is -0.803. The van der Waals surface area contributed by atoms with Crippen molar-refractivity contribution in [2.24, 2.45) is 5.73 Å². The molecule has 5 nitrogen and oxygen atoms in total. The van der Waals surface area contributed by atoms with E-state index < -0.39 is 12.0 Å². The van der Waals surface area contributed by atoms with Crippen LogP contribution in [0.4, 0.5) is 0 Å². The van der Waals surface area contributed by atoms with E-state index in [1.54, 1.807) is 0 Å². The van der Waals surface area contributed by atoms with E-state index in [9.17, 15) is 4.79 Å². The van der Waals surface area contributed by atoms with Gasteiger partial charge in [-0.3, -0.25) is 14.6 Å². The van der Waals surface area contributed by atoms with Crippen molar-refractivity contribution in [3.63, 3.8) is 0 Å². The number of hydrogen-bond donors (Lipinski definition) is 2. The van der Waals surface area contributed by atoms with Gasteiger partial charge >= 0.3 is 5.97 Å². The van der Waals surface area contributed by atoms with Crippen molar-refractivity contribution in [2.45, 2.75) is 32.4 Å². The molecule has 1 rings (SSSR count). The molecule has 0 bridgehead atoms. The van der Waals surface area contributed by atoms with Crippen LogP contribution in [0.5, 0.6) is 0 Å². The number of likely N-dealkylation sites (tertiary alicyclic amines) is 1. The summed E-state index contributed by atoms with van der Waals surface area (Å²) in [5, 5.41) is 9.04. The van der Waals surface area contributed by atoms with Crippen molar-refractivity contribution in [3.8, 4) is 0 Å². The number of hydrogen-bond acceptors (Lipinski definition) is 4. The second kappa shape index (κ2) is 6.18. The highest BCUT2D eigenvalue weighted by Gasteiger charge is 2.33. The highest BCUT2D eigenvalue weighted by atomic mass is 16.4. The summed E-state index contributed by atoms with van der Waals surface area (Å²) in [7, 11) is 0. The maximum Gasteiger partial charge on any atom is 0.322 e. The number of aliphatic carboxylic acids is 1. The van der Waals surface area contributed by atoms with Crippen LogP contribution in [0.3, 0.4) is 0 Å². The number of nitrogens with zero attached hydrogens (tertiary/aromatic N) is 2. The molecule has 2 unspecified atom stereocenters. The lowest BCUT2D eigenvalue weighted by molar-refractivity contribution is -0.142. The van der Waals surface area contributed by atoms with Crippen molar-refractivity contribution in [1.82, 2.24) is 9.80 Å². The smallest absolute Gasteiger partial charge is 0.322 e. The fourth-order valence-electron chi connectivity index (χ4n) is 2.50. The van der Waals surface area contributed by atoms with Gasteiger partial charge in [-0.1, -0.05) is 13.8 Å². The van der Waals surface area contributed by atoms with Crippen LogP contribution in [0.15, 0.2) is 0 Å². The van der Waals surface area contributed by atoms with E-state index in [1.807, 2.05) is 4.90 Å². The van der Waals surface area contributed by atoms with E-state index in [-0.39, 0.29) is 6.54 Å². The van der Waals surface area contributed by atoms with Crippen LogP contribution in [-0.2, 0) is 4.79 Å². The Labute approximate surface area is 97.2 Å². The zero-order chi connectivity index (χ0) is 12.1. The molecule has 2 atom stereocenters. The summed E-state index contributed by atoms with van der Waals surface area (Å²) in [6.45, 7) is 8.20. The zero-order valence-corrected chi connectivity index (χ0v) is 10.2. The highest BCUT2D eigenvalue weighted by molar-refractivity contribution is 5.73. The normalized spacial score (nSPS) is 23.9. The summed E-state index contributed by atoms with van der Waals surface area (Å²) in [6.07, 6.45) is 1.05. The molecule has 1 heterocycles. The van der Waals surface area contributed by atoms with Crippen LogP contribution < -0.4 is 5.73 Å². The van der Waals surface area contributed by atoms with Gasteiger partial charge in [-0.25, -0.2) is 0 Å². The topological polar surface area (TPSA) is 69.8 Å². The molecule has 0 saturated carbocycles. The van der Waals surface area contributed by atoms with Gasteiger partial charge in [0.2, 0.25) is 0 Å². The summed E-state index contributed by atoms with van der Waals surface area (Å²) in [6, 6.07) is -0.0241. The molecule has 0 radical (unpaired) electrons. The SMILES string of the molecule is CCN(CC)C1CCN(C(CN)C(=O)O)C1. The van der Waals surface area contributed by atoms with Crippen LogP contribution in [0, 0.1) is 0 Å². The molecule has 1 aliphatic rings. The van der Waals surface area contributed by atoms with Gasteiger partial charge in [0.05, 0.1) is 0 Å². The molecule has 1 fully saturated rings. The van der Waals surface area contributed by atoms with Gasteiger partial charge in [0.15, 0.2) is 0 Å². The molecular formula is C11H23N3O2. The predicted octanol–water partition coefficient (Wildman–Crippen LogP) is -0.186. The van der Waals surface area contributed by atoms with E-state index >= 15 is 0 Å². The molecule has 1 saturated heterocycles. The first-order chi connectivity index (χ1) is 7.63. The molecule has 5 heteroatoms. The van der Waals surface area contributed by atoms with Gasteiger partial charge in [-0.15, -0.1) is 0 Å². The fourth-order valence-corrected chi connectivity index (χ4v) is 2.50. The molecule has 0 spiro atoms. The number of likely N-dealkylation sites (N-methyl/N-ethyl adjacent to an activating group) is 1. The van der Waals surface area contributed by atoms with Gasteiger partial charge in [-0.2, -0.15) is 0 Å². The number of carbonyl (C=O) groups is 1. The third kappa shape index (κ3) is 2.93. The molecule has 1 aliphatic heterocycles. The van der Waals surface area contributed by atoms with Crippen molar-refractivity contribution in [3.05, 3.63) is 0 Å². The van der Waals surface area contributed by atoms with Gasteiger partial charge in [0, 0.05) is 25.7 Å². The van der Waals surface area contributed by atoms with Crippen LogP contribution in [0.25, 0.3) is 0 Å². The average Bonchev–Trinajstić information content (AvgIpc) is 2.70. The molecule has 0 aromatic rings. The number of carboxylic acid groups (broad SMARTS) is 1. The van der Waals surface area contributed by atoms with Gasteiger partial charge in [-0.05, 0) is 19.5 Å². The van der Waals surface area contributed by atoms with E-state index in [4.69, 9.17) is 10.8 Å². The maximum absolute atomic E-state index is 11.0. The summed E-state index contributed by atoms with van der Waals surface area (Å²) < 4.78 is 0. The number of nitrogens with two attached hydrogens (primary N) is 1. The largest absolute Gasteiger partial charge is 0.480 e. The molecule has 3 N–H and O–H groups in total. The number of carboxylic acids is 1. The molecular weight excluding hydrogens is 206 g/mol. The lowest BCUT2D eigenvalue weighted by atomic mass is 10.2. The molecule has 94 valence electrons. The van der Waals surface area contributed by atoms with Gasteiger partial charge < -0.3 is 10.8 Å². The molecule has 0 amide bonds. The van der Waals surface area contributed by atoms with E-state index in [2.05, 4.69) is 18.7 Å². The minimum Gasteiger partial charge on any atom is -0.480 e. The lowest BCUT2D eigenvalue weighted by Crippen LogP contribution is -2.46. The Morgan fingerprint density at radius 1 is 1.56 bits per heavy atom.